The second-order valence-corrected chi connectivity index (χ2v) is 4.20. The molecule has 0 radical (unpaired) electrons. The highest BCUT2D eigenvalue weighted by molar-refractivity contribution is 4.85. The Morgan fingerprint density at radius 1 is 1.47 bits per heavy atom. The fraction of sp³-hybridized carbons (Fsp3) is 0.800. The molecule has 0 aromatic carbocycles. The molecule has 5 nitrogen and oxygen atoms in total. The number of nitrogens with one attached hydrogen (secondary N) is 2. The van der Waals surface area contributed by atoms with E-state index in [1.54, 1.807) is 0 Å². The van der Waals surface area contributed by atoms with E-state index in [4.69, 9.17) is 5.73 Å². The number of hydrogen-bond acceptors (Lipinski definition) is 4. The van der Waals surface area contributed by atoms with E-state index in [2.05, 4.69) is 20.5 Å². The van der Waals surface area contributed by atoms with Gasteiger partial charge in [-0.2, -0.15) is 5.10 Å². The van der Waals surface area contributed by atoms with Gasteiger partial charge in [0.15, 0.2) is 0 Å². The second kappa shape index (κ2) is 5.23. The molecule has 1 aromatic heterocycles. The van der Waals surface area contributed by atoms with Gasteiger partial charge in [-0.1, -0.05) is 12.8 Å². The average molecular weight is 209 g/mol. The average Bonchev–Trinajstić information content (AvgIpc) is 2.79. The molecule has 2 rings (SSSR count). The first-order valence-electron chi connectivity index (χ1n) is 5.68. The Labute approximate surface area is 89.9 Å². The van der Waals surface area contributed by atoms with Gasteiger partial charge in [0.2, 0.25) is 0 Å². The van der Waals surface area contributed by atoms with Crippen LogP contribution in [0, 0.1) is 5.92 Å². The van der Waals surface area contributed by atoms with Crippen molar-refractivity contribution in [1.82, 2.24) is 20.5 Å². The third kappa shape index (κ3) is 2.76. The van der Waals surface area contributed by atoms with Crippen molar-refractivity contribution in [1.29, 1.82) is 0 Å². The number of H-pyrrole nitrogens is 1. The first-order chi connectivity index (χ1) is 7.40. The first-order valence-corrected chi connectivity index (χ1v) is 5.68. The summed E-state index contributed by atoms with van der Waals surface area (Å²) in [5.41, 5.74) is 5.77. The van der Waals surface area contributed by atoms with Crippen LogP contribution in [0.4, 0.5) is 0 Å². The summed E-state index contributed by atoms with van der Waals surface area (Å²) in [6, 6.07) is 0.550. The molecule has 2 atom stereocenters. The van der Waals surface area contributed by atoms with E-state index in [-0.39, 0.29) is 0 Å². The molecule has 1 aliphatic rings. The summed E-state index contributed by atoms with van der Waals surface area (Å²) in [7, 11) is 0. The van der Waals surface area contributed by atoms with E-state index in [1.807, 2.05) is 0 Å². The summed E-state index contributed by atoms with van der Waals surface area (Å²) in [6.45, 7) is 1.55. The normalized spacial score (nSPS) is 26.7. The third-order valence-electron chi connectivity index (χ3n) is 3.21. The van der Waals surface area contributed by atoms with Crippen molar-refractivity contribution >= 4 is 0 Å². The lowest BCUT2D eigenvalue weighted by Gasteiger charge is -2.31. The highest BCUT2D eigenvalue weighted by Gasteiger charge is 2.23. The molecule has 1 aliphatic carbocycles. The van der Waals surface area contributed by atoms with E-state index in [1.165, 1.54) is 32.0 Å². The molecule has 84 valence electrons. The van der Waals surface area contributed by atoms with Crippen molar-refractivity contribution in [3.63, 3.8) is 0 Å². The Bertz CT molecular complexity index is 271. The lowest BCUT2D eigenvalue weighted by atomic mass is 9.84. The van der Waals surface area contributed by atoms with Crippen LogP contribution < -0.4 is 11.1 Å². The van der Waals surface area contributed by atoms with E-state index in [9.17, 15) is 0 Å². The van der Waals surface area contributed by atoms with Gasteiger partial charge >= 0.3 is 0 Å². The van der Waals surface area contributed by atoms with Crippen molar-refractivity contribution < 1.29 is 0 Å². The Balaban J connectivity index is 1.81. The maximum Gasteiger partial charge on any atom is 0.138 e. The molecule has 5 heteroatoms. The number of aromatic amines is 1. The Morgan fingerprint density at radius 3 is 3.07 bits per heavy atom. The number of nitrogens with zero attached hydrogens (tertiary/aromatic N) is 2. The second-order valence-electron chi connectivity index (χ2n) is 4.20. The van der Waals surface area contributed by atoms with Crippen LogP contribution >= 0.6 is 0 Å². The molecule has 0 aliphatic heterocycles. The van der Waals surface area contributed by atoms with Crippen LogP contribution in [0.25, 0.3) is 0 Å². The van der Waals surface area contributed by atoms with Crippen LogP contribution in [0.5, 0.6) is 0 Å². The highest BCUT2D eigenvalue weighted by Crippen LogP contribution is 2.23. The zero-order chi connectivity index (χ0) is 10.5. The van der Waals surface area contributed by atoms with Crippen LogP contribution in [0.1, 0.15) is 31.5 Å². The molecule has 1 heterocycles. The Morgan fingerprint density at radius 2 is 2.33 bits per heavy atom. The van der Waals surface area contributed by atoms with Crippen molar-refractivity contribution in [3.05, 3.63) is 12.2 Å². The van der Waals surface area contributed by atoms with Crippen LogP contribution in [-0.2, 0) is 6.54 Å². The molecule has 4 N–H and O–H groups in total. The Kier molecular flexibility index (Phi) is 3.69. The standard InChI is InChI=1S/C10H19N5/c11-5-8-3-1-2-4-9(8)12-6-10-13-7-14-15-10/h7-9,12H,1-6,11H2,(H,13,14,15). The first kappa shape index (κ1) is 10.6. The molecule has 1 fully saturated rings. The van der Waals surface area contributed by atoms with Gasteiger partial charge < -0.3 is 11.1 Å². The molecule has 15 heavy (non-hydrogen) atoms. The van der Waals surface area contributed by atoms with Gasteiger partial charge in [-0.3, -0.25) is 5.10 Å². The fourth-order valence-corrected chi connectivity index (χ4v) is 2.30. The largest absolute Gasteiger partial charge is 0.330 e. The summed E-state index contributed by atoms with van der Waals surface area (Å²) >= 11 is 0. The van der Waals surface area contributed by atoms with Crippen LogP contribution in [-0.4, -0.2) is 27.8 Å². The molecular formula is C10H19N5. The van der Waals surface area contributed by atoms with Crippen LogP contribution in [0.3, 0.4) is 0 Å². The molecule has 0 amide bonds. The van der Waals surface area contributed by atoms with Gasteiger partial charge in [-0.25, -0.2) is 4.98 Å². The predicted octanol–water partition coefficient (Wildman–Crippen LogP) is 0.412. The van der Waals surface area contributed by atoms with Crippen molar-refractivity contribution in [2.75, 3.05) is 6.54 Å². The number of rotatable bonds is 4. The maximum absolute atomic E-state index is 5.77. The van der Waals surface area contributed by atoms with E-state index < -0.39 is 0 Å². The smallest absolute Gasteiger partial charge is 0.138 e. The van der Waals surface area contributed by atoms with Gasteiger partial charge in [0.1, 0.15) is 12.2 Å². The summed E-state index contributed by atoms with van der Waals surface area (Å²) in [6.07, 6.45) is 6.66. The van der Waals surface area contributed by atoms with Crippen LogP contribution in [0.15, 0.2) is 6.33 Å². The minimum absolute atomic E-state index is 0.550. The van der Waals surface area contributed by atoms with Gasteiger partial charge in [0.05, 0.1) is 6.54 Å². The van der Waals surface area contributed by atoms with Crippen molar-refractivity contribution in [3.8, 4) is 0 Å². The molecule has 1 aromatic rings. The summed E-state index contributed by atoms with van der Waals surface area (Å²) in [5, 5.41) is 10.2. The quantitative estimate of drug-likeness (QED) is 0.671. The fourth-order valence-electron chi connectivity index (χ4n) is 2.30. The highest BCUT2D eigenvalue weighted by atomic mass is 15.2. The zero-order valence-electron chi connectivity index (χ0n) is 8.95. The zero-order valence-corrected chi connectivity index (χ0v) is 8.95. The Hall–Kier alpha value is -0.940. The van der Waals surface area contributed by atoms with Crippen molar-refractivity contribution in [2.45, 2.75) is 38.3 Å². The molecule has 2 unspecified atom stereocenters. The van der Waals surface area contributed by atoms with Gasteiger partial charge in [0, 0.05) is 6.04 Å². The lowest BCUT2D eigenvalue weighted by Crippen LogP contribution is -2.41. The van der Waals surface area contributed by atoms with Crippen LogP contribution in [0.2, 0.25) is 0 Å². The minimum atomic E-state index is 0.550. The van der Waals surface area contributed by atoms with E-state index in [0.29, 0.717) is 12.0 Å². The molecule has 0 spiro atoms. The molecule has 0 bridgehead atoms. The topological polar surface area (TPSA) is 79.6 Å². The molecule has 0 saturated heterocycles. The monoisotopic (exact) mass is 209 g/mol. The third-order valence-corrected chi connectivity index (χ3v) is 3.21. The van der Waals surface area contributed by atoms with Gasteiger partial charge in [-0.05, 0) is 25.3 Å². The summed E-state index contributed by atoms with van der Waals surface area (Å²) in [4.78, 5) is 4.09. The molecule has 1 saturated carbocycles. The number of hydrogen-bond donors (Lipinski definition) is 3. The molecular weight excluding hydrogens is 190 g/mol. The summed E-state index contributed by atoms with van der Waals surface area (Å²) in [5.74, 6) is 1.53. The van der Waals surface area contributed by atoms with E-state index >= 15 is 0 Å². The minimum Gasteiger partial charge on any atom is -0.330 e. The summed E-state index contributed by atoms with van der Waals surface area (Å²) < 4.78 is 0. The van der Waals surface area contributed by atoms with Crippen molar-refractivity contribution in [2.24, 2.45) is 11.7 Å². The SMILES string of the molecule is NCC1CCCCC1NCc1ncn[nH]1. The van der Waals surface area contributed by atoms with Gasteiger partial charge in [0.25, 0.3) is 0 Å². The number of nitrogens with two attached hydrogens (primary N) is 1. The number of aromatic nitrogens is 3. The lowest BCUT2D eigenvalue weighted by molar-refractivity contribution is 0.265. The maximum atomic E-state index is 5.77. The van der Waals surface area contributed by atoms with E-state index in [0.717, 1.165) is 18.9 Å². The predicted molar refractivity (Wildman–Crippen MR) is 58.0 cm³/mol. The van der Waals surface area contributed by atoms with Gasteiger partial charge in [-0.15, -0.1) is 0 Å².